The molecule has 138 valence electrons. The zero-order valence-corrected chi connectivity index (χ0v) is 16.0. The monoisotopic (exact) mass is 400 g/mol. The molecule has 0 unspecified atom stereocenters. The van der Waals surface area contributed by atoms with E-state index in [4.69, 9.17) is 11.6 Å². The van der Waals surface area contributed by atoms with Crippen molar-refractivity contribution >= 4 is 36.4 Å². The Bertz CT molecular complexity index is 501. The first kappa shape index (κ1) is 21.9. The Labute approximate surface area is 160 Å². The standard InChI is InChI=1S/C17H23ClF2N2.2ClH/c18-16-14(20)7-6-13(19)15(16)17(12-4-2-1-3-5-12)22-10-8-21-9-11-22;;/h6-7,12,17,21H,1-5,8-11H2;2*1H/t17-;;/m0../s1. The lowest BCUT2D eigenvalue weighted by Crippen LogP contribution is -2.47. The van der Waals surface area contributed by atoms with E-state index < -0.39 is 5.82 Å². The Morgan fingerprint density at radius 3 is 2.21 bits per heavy atom. The summed E-state index contributed by atoms with van der Waals surface area (Å²) in [5.41, 5.74) is 0.371. The number of nitrogens with zero attached hydrogens (tertiary/aromatic N) is 1. The van der Waals surface area contributed by atoms with Crippen LogP contribution in [-0.4, -0.2) is 31.1 Å². The fourth-order valence-electron chi connectivity index (χ4n) is 3.94. The van der Waals surface area contributed by atoms with Crippen molar-refractivity contribution in [2.45, 2.75) is 38.1 Å². The van der Waals surface area contributed by atoms with E-state index in [1.165, 1.54) is 25.3 Å². The Balaban J connectivity index is 0.00000144. The zero-order valence-electron chi connectivity index (χ0n) is 13.6. The van der Waals surface area contributed by atoms with Crippen molar-refractivity contribution in [3.8, 4) is 0 Å². The fraction of sp³-hybridized carbons (Fsp3) is 0.647. The Morgan fingerprint density at radius 2 is 1.58 bits per heavy atom. The van der Waals surface area contributed by atoms with Crippen LogP contribution >= 0.6 is 36.4 Å². The largest absolute Gasteiger partial charge is 0.314 e. The van der Waals surface area contributed by atoms with Crippen LogP contribution in [0, 0.1) is 17.6 Å². The predicted octanol–water partition coefficient (Wildman–Crippen LogP) is 4.99. The highest BCUT2D eigenvalue weighted by atomic mass is 35.5. The summed E-state index contributed by atoms with van der Waals surface area (Å²) in [5.74, 6) is -0.532. The third-order valence-electron chi connectivity index (χ3n) is 5.02. The van der Waals surface area contributed by atoms with E-state index in [1.807, 2.05) is 0 Å². The number of rotatable bonds is 3. The van der Waals surface area contributed by atoms with E-state index in [-0.39, 0.29) is 41.7 Å². The minimum absolute atomic E-state index is 0. The molecule has 0 radical (unpaired) electrons. The lowest BCUT2D eigenvalue weighted by atomic mass is 9.80. The molecule has 1 aliphatic heterocycles. The molecule has 2 fully saturated rings. The number of hydrogen-bond donors (Lipinski definition) is 1. The van der Waals surface area contributed by atoms with Gasteiger partial charge < -0.3 is 5.32 Å². The minimum Gasteiger partial charge on any atom is -0.314 e. The molecule has 1 saturated carbocycles. The summed E-state index contributed by atoms with van der Waals surface area (Å²) < 4.78 is 28.4. The van der Waals surface area contributed by atoms with E-state index in [1.54, 1.807) is 0 Å². The molecule has 1 aromatic rings. The van der Waals surface area contributed by atoms with Crippen molar-refractivity contribution in [3.63, 3.8) is 0 Å². The predicted molar refractivity (Wildman–Crippen MR) is 99.6 cm³/mol. The molecule has 1 saturated heterocycles. The first-order chi connectivity index (χ1) is 10.7. The first-order valence-electron chi connectivity index (χ1n) is 8.26. The molecule has 2 nitrogen and oxygen atoms in total. The second-order valence-corrected chi connectivity index (χ2v) is 6.76. The molecule has 24 heavy (non-hydrogen) atoms. The highest BCUT2D eigenvalue weighted by Gasteiger charge is 2.34. The molecular formula is C17H25Cl3F2N2. The summed E-state index contributed by atoms with van der Waals surface area (Å²) in [4.78, 5) is 2.29. The molecule has 0 aromatic heterocycles. The number of benzene rings is 1. The van der Waals surface area contributed by atoms with Gasteiger partial charge in [0.15, 0.2) is 0 Å². The normalized spacial score (nSPS) is 20.8. The molecule has 1 aliphatic carbocycles. The van der Waals surface area contributed by atoms with Crippen molar-refractivity contribution in [1.82, 2.24) is 10.2 Å². The maximum atomic E-state index is 14.5. The highest BCUT2D eigenvalue weighted by Crippen LogP contribution is 2.42. The van der Waals surface area contributed by atoms with Crippen LogP contribution in [0.2, 0.25) is 5.02 Å². The summed E-state index contributed by atoms with van der Waals surface area (Å²) in [6, 6.07) is 2.23. The van der Waals surface area contributed by atoms with Crippen molar-refractivity contribution in [2.75, 3.05) is 26.2 Å². The Kier molecular flexibility index (Phi) is 9.24. The van der Waals surface area contributed by atoms with Crippen LogP contribution < -0.4 is 5.32 Å². The third-order valence-corrected chi connectivity index (χ3v) is 5.40. The van der Waals surface area contributed by atoms with Crippen LogP contribution in [0.15, 0.2) is 12.1 Å². The molecule has 1 atom stereocenters. The van der Waals surface area contributed by atoms with Crippen molar-refractivity contribution < 1.29 is 8.78 Å². The molecule has 3 rings (SSSR count). The van der Waals surface area contributed by atoms with Crippen molar-refractivity contribution in [2.24, 2.45) is 5.92 Å². The van der Waals surface area contributed by atoms with Gasteiger partial charge in [0, 0.05) is 37.8 Å². The van der Waals surface area contributed by atoms with Gasteiger partial charge >= 0.3 is 0 Å². The quantitative estimate of drug-likeness (QED) is 0.718. The maximum Gasteiger partial charge on any atom is 0.142 e. The summed E-state index contributed by atoms with van der Waals surface area (Å²) in [6.45, 7) is 3.48. The topological polar surface area (TPSA) is 15.3 Å². The van der Waals surface area contributed by atoms with Crippen LogP contribution in [0.3, 0.4) is 0 Å². The summed E-state index contributed by atoms with van der Waals surface area (Å²) in [7, 11) is 0. The van der Waals surface area contributed by atoms with Crippen LogP contribution in [0.4, 0.5) is 8.78 Å². The second kappa shape index (κ2) is 10.1. The van der Waals surface area contributed by atoms with E-state index in [0.717, 1.165) is 45.1 Å². The van der Waals surface area contributed by atoms with Gasteiger partial charge in [-0.15, -0.1) is 24.8 Å². The number of halogens is 5. The smallest absolute Gasteiger partial charge is 0.142 e. The van der Waals surface area contributed by atoms with E-state index in [9.17, 15) is 8.78 Å². The SMILES string of the molecule is Cl.Cl.Fc1ccc(F)c([C@H](C2CCCCC2)N2CCNCC2)c1Cl. The van der Waals surface area contributed by atoms with E-state index >= 15 is 0 Å². The average Bonchev–Trinajstić information content (AvgIpc) is 2.57. The molecule has 0 spiro atoms. The van der Waals surface area contributed by atoms with E-state index in [0.29, 0.717) is 11.5 Å². The summed E-state index contributed by atoms with van der Waals surface area (Å²) >= 11 is 6.17. The van der Waals surface area contributed by atoms with Gasteiger partial charge in [0.05, 0.1) is 5.02 Å². The van der Waals surface area contributed by atoms with Crippen LogP contribution in [0.1, 0.15) is 43.7 Å². The summed E-state index contributed by atoms with van der Waals surface area (Å²) in [6.07, 6.45) is 5.72. The highest BCUT2D eigenvalue weighted by molar-refractivity contribution is 6.31. The van der Waals surface area contributed by atoms with Gasteiger partial charge in [0.1, 0.15) is 11.6 Å². The molecule has 1 N–H and O–H groups in total. The molecule has 2 aliphatic rings. The van der Waals surface area contributed by atoms with Crippen LogP contribution in [0.25, 0.3) is 0 Å². The van der Waals surface area contributed by atoms with Gasteiger partial charge in [0.25, 0.3) is 0 Å². The van der Waals surface area contributed by atoms with E-state index in [2.05, 4.69) is 10.2 Å². The lowest BCUT2D eigenvalue weighted by molar-refractivity contribution is 0.100. The van der Waals surface area contributed by atoms with Crippen LogP contribution in [0.5, 0.6) is 0 Å². The maximum absolute atomic E-state index is 14.5. The Morgan fingerprint density at radius 1 is 1.00 bits per heavy atom. The van der Waals surface area contributed by atoms with Crippen LogP contribution in [-0.2, 0) is 0 Å². The molecule has 7 heteroatoms. The minimum atomic E-state index is -0.519. The molecule has 0 amide bonds. The first-order valence-corrected chi connectivity index (χ1v) is 8.64. The lowest BCUT2D eigenvalue weighted by Gasteiger charge is -2.41. The average molecular weight is 402 g/mol. The fourth-order valence-corrected chi connectivity index (χ4v) is 4.21. The zero-order chi connectivity index (χ0) is 15.5. The second-order valence-electron chi connectivity index (χ2n) is 6.39. The van der Waals surface area contributed by atoms with Gasteiger partial charge in [-0.25, -0.2) is 8.78 Å². The number of piperazine rings is 1. The number of nitrogens with one attached hydrogen (secondary N) is 1. The number of hydrogen-bond acceptors (Lipinski definition) is 2. The van der Waals surface area contributed by atoms with Crippen molar-refractivity contribution in [1.29, 1.82) is 0 Å². The molecule has 1 aromatic carbocycles. The molecular weight excluding hydrogens is 377 g/mol. The molecule has 0 bridgehead atoms. The van der Waals surface area contributed by atoms with Gasteiger partial charge in [-0.1, -0.05) is 30.9 Å². The van der Waals surface area contributed by atoms with Gasteiger partial charge in [-0.05, 0) is 30.9 Å². The van der Waals surface area contributed by atoms with Gasteiger partial charge in [-0.3, -0.25) is 4.90 Å². The summed E-state index contributed by atoms with van der Waals surface area (Å²) in [5, 5.41) is 3.29. The molecule has 1 heterocycles. The third kappa shape index (κ3) is 4.73. The van der Waals surface area contributed by atoms with Gasteiger partial charge in [-0.2, -0.15) is 0 Å². The Hall–Kier alpha value is -0.130. The van der Waals surface area contributed by atoms with Crippen molar-refractivity contribution in [3.05, 3.63) is 34.4 Å². The van der Waals surface area contributed by atoms with Gasteiger partial charge in [0.2, 0.25) is 0 Å².